The second-order valence-electron chi connectivity index (χ2n) is 7.57. The molecule has 0 radical (unpaired) electrons. The molecule has 0 spiro atoms. The molecule has 1 aromatic carbocycles. The second kappa shape index (κ2) is 10.7. The van der Waals surface area contributed by atoms with E-state index in [0.717, 1.165) is 18.2 Å². The number of esters is 1. The van der Waals surface area contributed by atoms with Crippen molar-refractivity contribution in [2.24, 2.45) is 5.92 Å². The van der Waals surface area contributed by atoms with Crippen LogP contribution in [0.25, 0.3) is 0 Å². The van der Waals surface area contributed by atoms with Crippen molar-refractivity contribution >= 4 is 11.9 Å². The monoisotopic (exact) mass is 436 g/mol. The fourth-order valence-electron chi connectivity index (χ4n) is 2.79. The van der Waals surface area contributed by atoms with Crippen LogP contribution < -0.4 is 10.1 Å². The zero-order chi connectivity index (χ0) is 23.1. The summed E-state index contributed by atoms with van der Waals surface area (Å²) in [5, 5.41) is 12.1. The quantitative estimate of drug-likeness (QED) is 0.583. The first-order chi connectivity index (χ1) is 14.6. The Morgan fingerprint density at radius 1 is 1.16 bits per heavy atom. The van der Waals surface area contributed by atoms with Crippen LogP contribution in [0.5, 0.6) is 11.5 Å². The van der Waals surface area contributed by atoms with Crippen molar-refractivity contribution < 1.29 is 33.0 Å². The summed E-state index contributed by atoms with van der Waals surface area (Å²) in [5.74, 6) is -3.37. The van der Waals surface area contributed by atoms with Crippen molar-refractivity contribution in [1.29, 1.82) is 0 Å². The van der Waals surface area contributed by atoms with Crippen LogP contribution in [0.1, 0.15) is 44.6 Å². The van der Waals surface area contributed by atoms with Crippen molar-refractivity contribution in [3.63, 3.8) is 0 Å². The zero-order valence-corrected chi connectivity index (χ0v) is 17.8. The van der Waals surface area contributed by atoms with Gasteiger partial charge in [-0.1, -0.05) is 13.8 Å². The van der Waals surface area contributed by atoms with Gasteiger partial charge in [0.15, 0.2) is 17.3 Å². The first-order valence-corrected chi connectivity index (χ1v) is 9.85. The summed E-state index contributed by atoms with van der Waals surface area (Å²) < 4.78 is 38.5. The number of carbonyl (C=O) groups is 2. The van der Waals surface area contributed by atoms with Crippen molar-refractivity contribution in [2.75, 3.05) is 0 Å². The van der Waals surface area contributed by atoms with Gasteiger partial charge in [-0.25, -0.2) is 18.6 Å². The van der Waals surface area contributed by atoms with Crippen LogP contribution in [0.15, 0.2) is 36.5 Å². The topological polar surface area (TPSA) is 97.8 Å². The number of benzene rings is 1. The predicted octanol–water partition coefficient (Wildman–Crippen LogP) is 3.61. The van der Waals surface area contributed by atoms with Gasteiger partial charge in [0.2, 0.25) is 0 Å². The lowest BCUT2D eigenvalue weighted by molar-refractivity contribution is -0.155. The molecule has 0 aliphatic carbocycles. The van der Waals surface area contributed by atoms with Gasteiger partial charge in [-0.05, 0) is 50.5 Å². The molecule has 2 aromatic rings. The molecule has 168 valence electrons. The van der Waals surface area contributed by atoms with E-state index < -0.39 is 41.8 Å². The molecule has 1 amide bonds. The van der Waals surface area contributed by atoms with Crippen LogP contribution in [0, 0.1) is 17.6 Å². The minimum absolute atomic E-state index is 0.118. The van der Waals surface area contributed by atoms with Gasteiger partial charge in [-0.2, -0.15) is 0 Å². The number of aromatic hydroxyl groups is 1. The van der Waals surface area contributed by atoms with Gasteiger partial charge in [0.05, 0.1) is 0 Å². The minimum Gasteiger partial charge on any atom is -0.505 e. The zero-order valence-electron chi connectivity index (χ0n) is 17.8. The van der Waals surface area contributed by atoms with Gasteiger partial charge in [-0.15, -0.1) is 0 Å². The Kier molecular flexibility index (Phi) is 8.30. The Balaban J connectivity index is 2.05. The molecule has 0 unspecified atom stereocenters. The summed E-state index contributed by atoms with van der Waals surface area (Å²) in [6, 6.07) is 4.57. The number of amides is 1. The van der Waals surface area contributed by atoms with Crippen LogP contribution in [0.3, 0.4) is 0 Å². The van der Waals surface area contributed by atoms with Gasteiger partial charge in [0, 0.05) is 12.3 Å². The average molecular weight is 436 g/mol. The highest BCUT2D eigenvalue weighted by molar-refractivity contribution is 5.97. The minimum atomic E-state index is -1.05. The summed E-state index contributed by atoms with van der Waals surface area (Å²) in [5.41, 5.74) is -0.224. The highest BCUT2D eigenvalue weighted by Gasteiger charge is 2.28. The van der Waals surface area contributed by atoms with Crippen molar-refractivity contribution in [3.8, 4) is 11.5 Å². The summed E-state index contributed by atoms with van der Waals surface area (Å²) >= 11 is 0. The fraction of sp³-hybridized carbons (Fsp3) is 0.409. The van der Waals surface area contributed by atoms with Crippen molar-refractivity contribution in [3.05, 3.63) is 53.9 Å². The molecule has 2 N–H and O–H groups in total. The van der Waals surface area contributed by atoms with E-state index in [0.29, 0.717) is 6.42 Å². The summed E-state index contributed by atoms with van der Waals surface area (Å²) in [6.45, 7) is 6.81. The molecule has 0 bridgehead atoms. The molecule has 0 saturated heterocycles. The number of nitrogens with zero attached hydrogens (tertiary/aromatic N) is 1. The molecule has 0 aliphatic heterocycles. The lowest BCUT2D eigenvalue weighted by atomic mass is 10.0. The highest BCUT2D eigenvalue weighted by atomic mass is 19.1. The van der Waals surface area contributed by atoms with E-state index in [9.17, 15) is 23.5 Å². The lowest BCUT2D eigenvalue weighted by Crippen LogP contribution is -2.43. The molecule has 3 atom stereocenters. The molecule has 0 fully saturated rings. The standard InChI is InChI=1S/C22H26F2N2O5/c1-12(2)10-18(31-19-11-15(23)7-8-16(19)24)14(4)30-22(29)13(3)26-21(28)20-17(27)6-5-9-25-20/h5-9,11-14,18,27H,10H2,1-4H3,(H,26,28)/t13-,14-,18+/m0/s1. The first-order valence-electron chi connectivity index (χ1n) is 9.85. The number of rotatable bonds is 9. The molecule has 2 rings (SSSR count). The summed E-state index contributed by atoms with van der Waals surface area (Å²) in [4.78, 5) is 28.4. The lowest BCUT2D eigenvalue weighted by Gasteiger charge is -2.27. The third-order valence-electron chi connectivity index (χ3n) is 4.40. The Labute approximate surface area is 179 Å². The van der Waals surface area contributed by atoms with E-state index in [4.69, 9.17) is 9.47 Å². The van der Waals surface area contributed by atoms with E-state index >= 15 is 0 Å². The number of hydrogen-bond acceptors (Lipinski definition) is 6. The number of carbonyl (C=O) groups excluding carboxylic acids is 2. The van der Waals surface area contributed by atoms with Gasteiger partial charge >= 0.3 is 5.97 Å². The maximum absolute atomic E-state index is 14.0. The predicted molar refractivity (Wildman–Crippen MR) is 109 cm³/mol. The van der Waals surface area contributed by atoms with Gasteiger partial charge in [-0.3, -0.25) is 4.79 Å². The van der Waals surface area contributed by atoms with Crippen LogP contribution >= 0.6 is 0 Å². The van der Waals surface area contributed by atoms with Gasteiger partial charge in [0.1, 0.15) is 29.8 Å². The molecular weight excluding hydrogens is 410 g/mol. The summed E-state index contributed by atoms with van der Waals surface area (Å²) in [7, 11) is 0. The van der Waals surface area contributed by atoms with Crippen LogP contribution in [-0.2, 0) is 9.53 Å². The average Bonchev–Trinajstić information content (AvgIpc) is 2.69. The highest BCUT2D eigenvalue weighted by Crippen LogP contribution is 2.24. The maximum Gasteiger partial charge on any atom is 0.328 e. The number of pyridine rings is 1. The Morgan fingerprint density at radius 3 is 2.52 bits per heavy atom. The number of nitrogens with one attached hydrogen (secondary N) is 1. The third-order valence-corrected chi connectivity index (χ3v) is 4.40. The Morgan fingerprint density at radius 2 is 1.87 bits per heavy atom. The van der Waals surface area contributed by atoms with E-state index in [2.05, 4.69) is 10.3 Å². The number of aromatic nitrogens is 1. The molecule has 1 aromatic heterocycles. The Hall–Kier alpha value is -3.23. The number of ether oxygens (including phenoxy) is 2. The molecular formula is C22H26F2N2O5. The third kappa shape index (κ3) is 6.91. The van der Waals surface area contributed by atoms with E-state index in [1.807, 2.05) is 13.8 Å². The van der Waals surface area contributed by atoms with E-state index in [1.54, 1.807) is 6.92 Å². The normalized spacial score (nSPS) is 13.9. The molecule has 1 heterocycles. The van der Waals surface area contributed by atoms with Crippen molar-refractivity contribution in [1.82, 2.24) is 10.3 Å². The fourth-order valence-corrected chi connectivity index (χ4v) is 2.79. The van der Waals surface area contributed by atoms with Gasteiger partial charge in [0.25, 0.3) is 5.91 Å². The van der Waals surface area contributed by atoms with Crippen LogP contribution in [-0.4, -0.2) is 40.2 Å². The first kappa shape index (κ1) is 24.0. The van der Waals surface area contributed by atoms with Crippen LogP contribution in [0.2, 0.25) is 0 Å². The Bertz CT molecular complexity index is 923. The number of halogens is 2. The molecule has 7 nitrogen and oxygen atoms in total. The SMILES string of the molecule is CC(C)C[C@@H](Oc1cc(F)ccc1F)[C@H](C)OC(=O)[C@H](C)NC(=O)c1ncccc1O. The van der Waals surface area contributed by atoms with Crippen molar-refractivity contribution in [2.45, 2.75) is 52.4 Å². The van der Waals surface area contributed by atoms with E-state index in [-0.39, 0.29) is 23.1 Å². The smallest absolute Gasteiger partial charge is 0.328 e. The molecule has 0 saturated carbocycles. The van der Waals surface area contributed by atoms with E-state index in [1.165, 1.54) is 25.3 Å². The largest absolute Gasteiger partial charge is 0.505 e. The molecule has 9 heteroatoms. The molecule has 0 aliphatic rings. The maximum atomic E-state index is 14.0. The summed E-state index contributed by atoms with van der Waals surface area (Å²) in [6.07, 6.45) is 0.176. The second-order valence-corrected chi connectivity index (χ2v) is 7.57. The number of hydrogen-bond donors (Lipinski definition) is 2. The van der Waals surface area contributed by atoms with Crippen LogP contribution in [0.4, 0.5) is 8.78 Å². The molecule has 31 heavy (non-hydrogen) atoms. The van der Waals surface area contributed by atoms with Gasteiger partial charge < -0.3 is 19.9 Å².